The normalized spacial score (nSPS) is 11.4. The molecule has 0 saturated carbocycles. The highest BCUT2D eigenvalue weighted by atomic mass is 16.1. The summed E-state index contributed by atoms with van der Waals surface area (Å²) >= 11 is 0. The number of pyridine rings is 1. The van der Waals surface area contributed by atoms with Gasteiger partial charge in [-0.3, -0.25) is 9.79 Å². The molecule has 3 N–H and O–H groups in total. The Labute approximate surface area is 139 Å². The molecule has 1 amide bonds. The maximum Gasteiger partial charge on any atom is 0.227 e. The molecule has 0 aliphatic rings. The van der Waals surface area contributed by atoms with E-state index in [4.69, 9.17) is 0 Å². The monoisotopic (exact) mass is 319 g/mol. The van der Waals surface area contributed by atoms with E-state index in [1.165, 1.54) is 0 Å². The van der Waals surface area contributed by atoms with Gasteiger partial charge in [-0.25, -0.2) is 4.98 Å². The molecule has 6 nitrogen and oxygen atoms in total. The van der Waals surface area contributed by atoms with Crippen molar-refractivity contribution in [3.05, 3.63) is 23.9 Å². The molecule has 6 heteroatoms. The summed E-state index contributed by atoms with van der Waals surface area (Å²) in [7, 11) is 0. The van der Waals surface area contributed by atoms with Gasteiger partial charge in [-0.2, -0.15) is 0 Å². The first kappa shape index (κ1) is 18.9. The molecular formula is C17H29N5O. The summed E-state index contributed by atoms with van der Waals surface area (Å²) in [5.74, 6) is 1.92. The van der Waals surface area contributed by atoms with Gasteiger partial charge in [-0.1, -0.05) is 19.9 Å². The van der Waals surface area contributed by atoms with Gasteiger partial charge >= 0.3 is 0 Å². The fourth-order valence-corrected chi connectivity index (χ4v) is 1.89. The molecule has 0 aliphatic heterocycles. The second kappa shape index (κ2) is 10.6. The summed E-state index contributed by atoms with van der Waals surface area (Å²) in [4.78, 5) is 20.7. The van der Waals surface area contributed by atoms with E-state index in [2.05, 4.69) is 39.8 Å². The number of anilines is 1. The van der Waals surface area contributed by atoms with Crippen molar-refractivity contribution >= 4 is 17.7 Å². The molecule has 0 fully saturated rings. The van der Waals surface area contributed by atoms with E-state index in [9.17, 15) is 4.79 Å². The first-order chi connectivity index (χ1) is 11.0. The van der Waals surface area contributed by atoms with Crippen LogP contribution in [0.25, 0.3) is 0 Å². The van der Waals surface area contributed by atoms with Crippen molar-refractivity contribution < 1.29 is 4.79 Å². The zero-order valence-electron chi connectivity index (χ0n) is 14.6. The highest BCUT2D eigenvalue weighted by Crippen LogP contribution is 2.04. The lowest BCUT2D eigenvalue weighted by atomic mass is 10.1. The topological polar surface area (TPSA) is 78.4 Å². The summed E-state index contributed by atoms with van der Waals surface area (Å²) in [6.07, 6.45) is 1.42. The van der Waals surface area contributed by atoms with Crippen molar-refractivity contribution in [3.63, 3.8) is 0 Å². The van der Waals surface area contributed by atoms with Gasteiger partial charge in [-0.05, 0) is 38.3 Å². The zero-order chi connectivity index (χ0) is 17.1. The molecule has 0 saturated heterocycles. The lowest BCUT2D eigenvalue weighted by Crippen LogP contribution is -2.38. The van der Waals surface area contributed by atoms with Crippen LogP contribution in [0.5, 0.6) is 0 Å². The van der Waals surface area contributed by atoms with Gasteiger partial charge in [0.1, 0.15) is 5.82 Å². The molecule has 1 aromatic rings. The first-order valence-corrected chi connectivity index (χ1v) is 8.27. The number of carbonyl (C=O) groups is 1. The molecule has 23 heavy (non-hydrogen) atoms. The third kappa shape index (κ3) is 8.80. The summed E-state index contributed by atoms with van der Waals surface area (Å²) in [6, 6.07) is 5.56. The van der Waals surface area contributed by atoms with Crippen molar-refractivity contribution in [1.29, 1.82) is 0 Å². The van der Waals surface area contributed by atoms with E-state index < -0.39 is 0 Å². The van der Waals surface area contributed by atoms with Crippen LogP contribution in [-0.4, -0.2) is 36.5 Å². The number of aromatic nitrogens is 1. The average molecular weight is 319 g/mol. The summed E-state index contributed by atoms with van der Waals surface area (Å²) in [6.45, 7) is 10.4. The number of hydrogen-bond donors (Lipinski definition) is 3. The third-order valence-corrected chi connectivity index (χ3v) is 3.12. The Morgan fingerprint density at radius 2 is 2.09 bits per heavy atom. The Balaban J connectivity index is 2.35. The van der Waals surface area contributed by atoms with Gasteiger partial charge < -0.3 is 16.0 Å². The van der Waals surface area contributed by atoms with Crippen LogP contribution in [-0.2, 0) is 4.79 Å². The van der Waals surface area contributed by atoms with E-state index >= 15 is 0 Å². The average Bonchev–Trinajstić information content (AvgIpc) is 2.46. The lowest BCUT2D eigenvalue weighted by molar-refractivity contribution is -0.116. The molecule has 128 valence electrons. The molecular weight excluding hydrogens is 290 g/mol. The predicted molar refractivity (Wildman–Crippen MR) is 95.7 cm³/mol. The minimum Gasteiger partial charge on any atom is -0.357 e. The summed E-state index contributed by atoms with van der Waals surface area (Å²) in [5, 5.41) is 9.16. The van der Waals surface area contributed by atoms with Crippen LogP contribution in [0, 0.1) is 12.8 Å². The molecule has 0 unspecified atom stereocenters. The number of nitrogens with one attached hydrogen (secondary N) is 3. The highest BCUT2D eigenvalue weighted by Gasteiger charge is 2.04. The van der Waals surface area contributed by atoms with Gasteiger partial charge in [0, 0.05) is 31.7 Å². The van der Waals surface area contributed by atoms with Crippen molar-refractivity contribution in [2.24, 2.45) is 10.9 Å². The maximum absolute atomic E-state index is 11.9. The molecule has 1 aromatic heterocycles. The number of aryl methyl sites for hydroxylation is 1. The fraction of sp³-hybridized carbons (Fsp3) is 0.588. The minimum absolute atomic E-state index is 0.0615. The van der Waals surface area contributed by atoms with Crippen LogP contribution < -0.4 is 16.0 Å². The van der Waals surface area contributed by atoms with Gasteiger partial charge in [0.2, 0.25) is 5.91 Å². The van der Waals surface area contributed by atoms with Crippen molar-refractivity contribution in [3.8, 4) is 0 Å². The molecule has 0 aliphatic carbocycles. The van der Waals surface area contributed by atoms with Gasteiger partial charge in [0.05, 0.1) is 0 Å². The number of guanidine groups is 1. The number of nitrogens with zero attached hydrogens (tertiary/aromatic N) is 2. The van der Waals surface area contributed by atoms with E-state index in [-0.39, 0.29) is 5.91 Å². The van der Waals surface area contributed by atoms with Crippen LogP contribution in [0.2, 0.25) is 0 Å². The van der Waals surface area contributed by atoms with Crippen LogP contribution in [0.4, 0.5) is 5.82 Å². The lowest BCUT2D eigenvalue weighted by Gasteiger charge is -2.11. The van der Waals surface area contributed by atoms with E-state index in [0.29, 0.717) is 24.7 Å². The largest absolute Gasteiger partial charge is 0.357 e. The second-order valence-corrected chi connectivity index (χ2v) is 5.83. The summed E-state index contributed by atoms with van der Waals surface area (Å²) in [5.41, 5.74) is 0.882. The smallest absolute Gasteiger partial charge is 0.227 e. The van der Waals surface area contributed by atoms with E-state index in [1.54, 1.807) is 6.07 Å². The van der Waals surface area contributed by atoms with Crippen molar-refractivity contribution in [2.45, 2.75) is 40.5 Å². The molecule has 0 spiro atoms. The molecule has 0 radical (unpaired) electrons. The Morgan fingerprint density at radius 1 is 1.30 bits per heavy atom. The Hall–Kier alpha value is -2.11. The first-order valence-electron chi connectivity index (χ1n) is 8.27. The van der Waals surface area contributed by atoms with Crippen LogP contribution in [0.15, 0.2) is 23.2 Å². The zero-order valence-corrected chi connectivity index (χ0v) is 14.6. The molecule has 1 heterocycles. The standard InChI is InChI=1S/C17H29N5O/c1-5-18-17(19-11-9-13(2)3)20-12-10-16(23)22-15-8-6-7-14(4)21-15/h6-8,13H,5,9-12H2,1-4H3,(H2,18,19,20)(H,21,22,23). The van der Waals surface area contributed by atoms with Crippen molar-refractivity contribution in [1.82, 2.24) is 15.6 Å². The summed E-state index contributed by atoms with van der Waals surface area (Å²) < 4.78 is 0. The second-order valence-electron chi connectivity index (χ2n) is 5.83. The third-order valence-electron chi connectivity index (χ3n) is 3.12. The number of carbonyl (C=O) groups excluding carboxylic acids is 1. The van der Waals surface area contributed by atoms with Crippen molar-refractivity contribution in [2.75, 3.05) is 25.0 Å². The molecule has 1 rings (SSSR count). The maximum atomic E-state index is 11.9. The van der Waals surface area contributed by atoms with E-state index in [0.717, 1.165) is 31.2 Å². The van der Waals surface area contributed by atoms with E-state index in [1.807, 2.05) is 26.0 Å². The molecule has 0 atom stereocenters. The van der Waals surface area contributed by atoms with Crippen LogP contribution in [0.3, 0.4) is 0 Å². The fourth-order valence-electron chi connectivity index (χ4n) is 1.89. The highest BCUT2D eigenvalue weighted by molar-refractivity contribution is 5.90. The quantitative estimate of drug-likeness (QED) is 0.507. The van der Waals surface area contributed by atoms with Gasteiger partial charge in [0.25, 0.3) is 0 Å². The number of amides is 1. The number of hydrogen-bond acceptors (Lipinski definition) is 3. The van der Waals surface area contributed by atoms with Crippen LogP contribution in [0.1, 0.15) is 39.3 Å². The Morgan fingerprint density at radius 3 is 2.74 bits per heavy atom. The Kier molecular flexibility index (Phi) is 8.72. The number of rotatable bonds is 8. The molecule has 0 bridgehead atoms. The van der Waals surface area contributed by atoms with Crippen LogP contribution >= 0.6 is 0 Å². The van der Waals surface area contributed by atoms with Gasteiger partial charge in [-0.15, -0.1) is 0 Å². The SMILES string of the molecule is CCNC(=NCCC(C)C)NCCC(=O)Nc1cccc(C)n1. The van der Waals surface area contributed by atoms with Gasteiger partial charge in [0.15, 0.2) is 5.96 Å². The Bertz CT molecular complexity index is 513. The number of aliphatic imine (C=N–C) groups is 1. The minimum atomic E-state index is -0.0615. The predicted octanol–water partition coefficient (Wildman–Crippen LogP) is 2.32. The molecule has 0 aromatic carbocycles.